The minimum atomic E-state index is -2.95. The van der Waals surface area contributed by atoms with Crippen LogP contribution in [0, 0.1) is 5.92 Å². The monoisotopic (exact) mass is 281 g/mol. The molecular weight excluding hydrogens is 266 g/mol. The molecule has 0 spiro atoms. The van der Waals surface area contributed by atoms with Crippen LogP contribution >= 0.6 is 15.9 Å². The maximum Gasteiger partial charge on any atom is 0.214 e. The maximum absolute atomic E-state index is 12.0. The first-order valence-corrected chi connectivity index (χ1v) is 7.92. The van der Waals surface area contributed by atoms with Gasteiger partial charge in [-0.2, -0.15) is 4.31 Å². The molecule has 3 nitrogen and oxygen atoms in total. The Morgan fingerprint density at radius 2 is 2.00 bits per heavy atom. The number of alkyl halides is 1. The van der Waals surface area contributed by atoms with Crippen LogP contribution in [0.1, 0.15) is 25.7 Å². The third-order valence-electron chi connectivity index (χ3n) is 3.00. The molecule has 0 amide bonds. The minimum absolute atomic E-state index is 0.207. The average molecular weight is 282 g/mol. The summed E-state index contributed by atoms with van der Waals surface area (Å²) >= 11 is 3.38. The van der Waals surface area contributed by atoms with Gasteiger partial charge in [-0.05, 0) is 31.6 Å². The molecule has 0 aromatic carbocycles. The Balaban J connectivity index is 2.03. The fourth-order valence-electron chi connectivity index (χ4n) is 2.01. The summed E-state index contributed by atoms with van der Waals surface area (Å²) in [5, 5.41) is 0.775. The van der Waals surface area contributed by atoms with Gasteiger partial charge in [-0.15, -0.1) is 0 Å². The molecule has 2 aliphatic rings. The zero-order valence-electron chi connectivity index (χ0n) is 8.15. The van der Waals surface area contributed by atoms with E-state index < -0.39 is 10.0 Å². The average Bonchev–Trinajstić information content (AvgIpc) is 2.80. The molecule has 1 aliphatic heterocycles. The van der Waals surface area contributed by atoms with E-state index in [0.29, 0.717) is 11.7 Å². The quantitative estimate of drug-likeness (QED) is 0.734. The van der Waals surface area contributed by atoms with Crippen molar-refractivity contribution in [3.63, 3.8) is 0 Å². The number of rotatable bonds is 4. The predicted molar refractivity (Wildman–Crippen MR) is 60.0 cm³/mol. The first-order valence-electron chi connectivity index (χ1n) is 5.19. The number of hydrogen-bond donors (Lipinski definition) is 0. The van der Waals surface area contributed by atoms with E-state index in [1.54, 1.807) is 4.31 Å². The van der Waals surface area contributed by atoms with Crippen LogP contribution in [0.25, 0.3) is 0 Å². The van der Waals surface area contributed by atoms with Crippen molar-refractivity contribution in [2.24, 2.45) is 5.92 Å². The zero-order chi connectivity index (χ0) is 10.2. The van der Waals surface area contributed by atoms with Gasteiger partial charge in [-0.3, -0.25) is 0 Å². The number of halogens is 1. The van der Waals surface area contributed by atoms with Crippen molar-refractivity contribution in [3.8, 4) is 0 Å². The van der Waals surface area contributed by atoms with Crippen LogP contribution in [0.5, 0.6) is 0 Å². The lowest BCUT2D eigenvalue weighted by atomic mass is 10.3. The smallest absolute Gasteiger partial charge is 0.212 e. The maximum atomic E-state index is 12.0. The lowest BCUT2D eigenvalue weighted by molar-refractivity contribution is 0.412. The van der Waals surface area contributed by atoms with Crippen LogP contribution < -0.4 is 0 Å². The highest BCUT2D eigenvalue weighted by atomic mass is 79.9. The van der Waals surface area contributed by atoms with E-state index in [2.05, 4.69) is 15.9 Å². The molecule has 2 fully saturated rings. The van der Waals surface area contributed by atoms with Crippen LogP contribution in [-0.2, 0) is 10.0 Å². The standard InChI is InChI=1S/C9H16BrNO2S/c10-6-9-2-1-5-11(9)14(12,13)7-8-3-4-8/h8-9H,1-7H2. The molecule has 0 aromatic rings. The number of hydrogen-bond acceptors (Lipinski definition) is 2. The Morgan fingerprint density at radius 1 is 1.29 bits per heavy atom. The Hall–Kier alpha value is 0.390. The third-order valence-corrected chi connectivity index (χ3v) is 5.84. The first kappa shape index (κ1) is 10.9. The van der Waals surface area contributed by atoms with Crippen molar-refractivity contribution in [1.82, 2.24) is 4.31 Å². The summed E-state index contributed by atoms with van der Waals surface area (Å²) < 4.78 is 25.6. The Kier molecular flexibility index (Phi) is 3.19. The van der Waals surface area contributed by atoms with Crippen molar-refractivity contribution in [2.75, 3.05) is 17.6 Å². The summed E-state index contributed by atoms with van der Waals surface area (Å²) in [6.07, 6.45) is 4.23. The molecule has 0 radical (unpaired) electrons. The predicted octanol–water partition coefficient (Wildman–Crippen LogP) is 1.59. The molecule has 82 valence electrons. The van der Waals surface area contributed by atoms with Crippen molar-refractivity contribution in [1.29, 1.82) is 0 Å². The fraction of sp³-hybridized carbons (Fsp3) is 1.00. The van der Waals surface area contributed by atoms with Crippen LogP contribution in [-0.4, -0.2) is 36.4 Å². The highest BCUT2D eigenvalue weighted by Gasteiger charge is 2.37. The van der Waals surface area contributed by atoms with Gasteiger partial charge >= 0.3 is 0 Å². The second-order valence-corrected chi connectivity index (χ2v) is 6.90. The van der Waals surface area contributed by atoms with Gasteiger partial charge in [0.05, 0.1) is 5.75 Å². The highest BCUT2D eigenvalue weighted by molar-refractivity contribution is 9.09. The molecule has 1 aliphatic carbocycles. The Labute approximate surface area is 94.0 Å². The molecule has 0 bridgehead atoms. The third kappa shape index (κ3) is 2.31. The zero-order valence-corrected chi connectivity index (χ0v) is 10.6. The normalized spacial score (nSPS) is 29.6. The van der Waals surface area contributed by atoms with Gasteiger partial charge in [0.1, 0.15) is 0 Å². The van der Waals surface area contributed by atoms with Crippen molar-refractivity contribution in [2.45, 2.75) is 31.7 Å². The van der Waals surface area contributed by atoms with Crippen LogP contribution in [0.2, 0.25) is 0 Å². The van der Waals surface area contributed by atoms with E-state index in [4.69, 9.17) is 0 Å². The molecule has 0 aromatic heterocycles. The molecule has 5 heteroatoms. The van der Waals surface area contributed by atoms with Gasteiger partial charge in [-0.1, -0.05) is 15.9 Å². The summed E-state index contributed by atoms with van der Waals surface area (Å²) in [6, 6.07) is 0.207. The van der Waals surface area contributed by atoms with Gasteiger partial charge in [0.2, 0.25) is 10.0 Å². The van der Waals surface area contributed by atoms with Crippen molar-refractivity contribution >= 4 is 26.0 Å². The van der Waals surface area contributed by atoms with Gasteiger partial charge in [0, 0.05) is 17.9 Å². The Morgan fingerprint density at radius 3 is 2.57 bits per heavy atom. The van der Waals surface area contributed by atoms with E-state index in [9.17, 15) is 8.42 Å². The summed E-state index contributed by atoms with van der Waals surface area (Å²) in [6.45, 7) is 0.728. The second kappa shape index (κ2) is 4.10. The van der Waals surface area contributed by atoms with Crippen molar-refractivity contribution in [3.05, 3.63) is 0 Å². The van der Waals surface area contributed by atoms with E-state index in [-0.39, 0.29) is 6.04 Å². The highest BCUT2D eigenvalue weighted by Crippen LogP contribution is 2.33. The SMILES string of the molecule is O=S(=O)(CC1CC1)N1CCCC1CBr. The molecule has 14 heavy (non-hydrogen) atoms. The summed E-state index contributed by atoms with van der Waals surface area (Å²) in [4.78, 5) is 0. The molecule has 1 heterocycles. The van der Waals surface area contributed by atoms with Gasteiger partial charge in [0.15, 0.2) is 0 Å². The van der Waals surface area contributed by atoms with Gasteiger partial charge < -0.3 is 0 Å². The van der Waals surface area contributed by atoms with Crippen molar-refractivity contribution < 1.29 is 8.42 Å². The summed E-state index contributed by atoms with van der Waals surface area (Å²) in [5.74, 6) is 0.841. The molecule has 1 saturated heterocycles. The largest absolute Gasteiger partial charge is 0.214 e. The molecule has 1 unspecified atom stereocenters. The van der Waals surface area contributed by atoms with Crippen LogP contribution in [0.15, 0.2) is 0 Å². The van der Waals surface area contributed by atoms with Gasteiger partial charge in [0.25, 0.3) is 0 Å². The second-order valence-electron chi connectivity index (χ2n) is 4.28. The van der Waals surface area contributed by atoms with E-state index in [0.717, 1.165) is 37.6 Å². The van der Waals surface area contributed by atoms with E-state index >= 15 is 0 Å². The molecule has 1 saturated carbocycles. The first-order chi connectivity index (χ1) is 6.63. The van der Waals surface area contributed by atoms with Gasteiger partial charge in [-0.25, -0.2) is 8.42 Å². The summed E-state index contributed by atoms with van der Waals surface area (Å²) in [5.41, 5.74) is 0. The van der Waals surface area contributed by atoms with Crippen LogP contribution in [0.4, 0.5) is 0 Å². The molecule has 0 N–H and O–H groups in total. The van der Waals surface area contributed by atoms with Crippen LogP contribution in [0.3, 0.4) is 0 Å². The van der Waals surface area contributed by atoms with E-state index in [1.807, 2.05) is 0 Å². The topological polar surface area (TPSA) is 37.4 Å². The van der Waals surface area contributed by atoms with E-state index in [1.165, 1.54) is 0 Å². The summed E-state index contributed by atoms with van der Waals surface area (Å²) in [7, 11) is -2.95. The minimum Gasteiger partial charge on any atom is -0.212 e. The Bertz CT molecular complexity index is 300. The fourth-order valence-corrected chi connectivity index (χ4v) is 5.03. The lowest BCUT2D eigenvalue weighted by Gasteiger charge is -2.22. The molecule has 1 atom stereocenters. The molecule has 2 rings (SSSR count). The number of nitrogens with zero attached hydrogens (tertiary/aromatic N) is 1. The lowest BCUT2D eigenvalue weighted by Crippen LogP contribution is -2.38. The number of sulfonamides is 1. The molecular formula is C9H16BrNO2S.